The van der Waals surface area contributed by atoms with Crippen molar-refractivity contribution in [2.24, 2.45) is 5.73 Å². The van der Waals surface area contributed by atoms with Crippen LogP contribution in [0.5, 0.6) is 0 Å². The average molecular weight is 229 g/mol. The number of hydrogen-bond acceptors (Lipinski definition) is 3. The molecule has 0 aromatic rings. The number of primary amides is 1. The summed E-state index contributed by atoms with van der Waals surface area (Å²) in [4.78, 5) is 13.7. The second kappa shape index (κ2) is 6.86. The number of amides is 1. The lowest BCUT2D eigenvalue weighted by molar-refractivity contribution is -0.124. The maximum Gasteiger partial charge on any atom is 0.237 e. The molecule has 0 spiro atoms. The van der Waals surface area contributed by atoms with Crippen LogP contribution in [0.2, 0.25) is 0 Å². The minimum atomic E-state index is -0.584. The number of nitrogens with two attached hydrogens (primary N) is 1. The molecule has 0 aromatic carbocycles. The molecule has 1 atom stereocenters. The molecule has 0 aliphatic rings. The summed E-state index contributed by atoms with van der Waals surface area (Å²) in [6.07, 6.45) is 1.75. The Balaban J connectivity index is 4.27. The lowest BCUT2D eigenvalue weighted by Gasteiger charge is -2.31. The minimum absolute atomic E-state index is 0.266. The van der Waals surface area contributed by atoms with E-state index in [0.29, 0.717) is 6.04 Å². The molecule has 0 saturated carbocycles. The van der Waals surface area contributed by atoms with Gasteiger partial charge in [0.15, 0.2) is 0 Å². The lowest BCUT2D eigenvalue weighted by Crippen LogP contribution is -2.54. The summed E-state index contributed by atoms with van der Waals surface area (Å²) in [5, 5.41) is 3.24. The molecule has 0 saturated heterocycles. The van der Waals surface area contributed by atoms with Gasteiger partial charge in [-0.05, 0) is 47.2 Å². The molecule has 4 heteroatoms. The van der Waals surface area contributed by atoms with Crippen LogP contribution in [0.25, 0.3) is 0 Å². The summed E-state index contributed by atoms with van der Waals surface area (Å²) in [5.74, 6) is -0.266. The molecular weight excluding hydrogens is 202 g/mol. The number of rotatable bonds is 8. The molecule has 0 fully saturated rings. The van der Waals surface area contributed by atoms with Gasteiger partial charge in [0.2, 0.25) is 5.91 Å². The smallest absolute Gasteiger partial charge is 0.237 e. The van der Waals surface area contributed by atoms with Crippen LogP contribution >= 0.6 is 0 Å². The Kier molecular flexibility index (Phi) is 6.60. The Morgan fingerprint density at radius 1 is 1.50 bits per heavy atom. The second-order valence-corrected chi connectivity index (χ2v) is 4.95. The van der Waals surface area contributed by atoms with Crippen molar-refractivity contribution < 1.29 is 4.79 Å². The molecule has 0 heterocycles. The van der Waals surface area contributed by atoms with E-state index in [1.807, 2.05) is 6.92 Å². The summed E-state index contributed by atoms with van der Waals surface area (Å²) in [6, 6.07) is 0.489. The average Bonchev–Trinajstić information content (AvgIpc) is 2.22. The van der Waals surface area contributed by atoms with Crippen molar-refractivity contribution in [3.05, 3.63) is 0 Å². The Bertz CT molecular complexity index is 218. The molecule has 1 unspecified atom stereocenters. The first kappa shape index (κ1) is 15.4. The first-order chi connectivity index (χ1) is 7.33. The van der Waals surface area contributed by atoms with E-state index in [4.69, 9.17) is 5.73 Å². The van der Waals surface area contributed by atoms with Crippen molar-refractivity contribution in [2.75, 3.05) is 20.1 Å². The zero-order chi connectivity index (χ0) is 12.8. The SMILES string of the molecule is CCCNC(C)(CCN(C)C(C)C)C(N)=O. The van der Waals surface area contributed by atoms with E-state index in [2.05, 4.69) is 38.0 Å². The second-order valence-electron chi connectivity index (χ2n) is 4.95. The van der Waals surface area contributed by atoms with Gasteiger partial charge in [0.05, 0.1) is 5.54 Å². The maximum absolute atomic E-state index is 11.5. The molecule has 0 aromatic heterocycles. The summed E-state index contributed by atoms with van der Waals surface area (Å²) in [5.41, 5.74) is 4.87. The minimum Gasteiger partial charge on any atom is -0.368 e. The molecule has 4 nitrogen and oxygen atoms in total. The van der Waals surface area contributed by atoms with Gasteiger partial charge in [-0.25, -0.2) is 0 Å². The molecule has 16 heavy (non-hydrogen) atoms. The summed E-state index contributed by atoms with van der Waals surface area (Å²) >= 11 is 0. The van der Waals surface area contributed by atoms with E-state index in [1.165, 1.54) is 0 Å². The van der Waals surface area contributed by atoms with Crippen molar-refractivity contribution in [1.29, 1.82) is 0 Å². The Hall–Kier alpha value is -0.610. The van der Waals surface area contributed by atoms with Crippen LogP contribution in [0.4, 0.5) is 0 Å². The van der Waals surface area contributed by atoms with Crippen LogP contribution in [0.3, 0.4) is 0 Å². The fourth-order valence-corrected chi connectivity index (χ4v) is 1.36. The summed E-state index contributed by atoms with van der Waals surface area (Å²) in [6.45, 7) is 9.94. The highest BCUT2D eigenvalue weighted by Crippen LogP contribution is 2.11. The first-order valence-electron chi connectivity index (χ1n) is 6.08. The third kappa shape index (κ3) is 4.94. The van der Waals surface area contributed by atoms with E-state index in [0.717, 1.165) is 25.9 Å². The summed E-state index contributed by atoms with van der Waals surface area (Å²) < 4.78 is 0. The highest BCUT2D eigenvalue weighted by atomic mass is 16.1. The quantitative estimate of drug-likeness (QED) is 0.652. The highest BCUT2D eigenvalue weighted by Gasteiger charge is 2.30. The molecule has 96 valence electrons. The predicted octanol–water partition coefficient (Wildman–Crippen LogP) is 0.960. The number of carbonyl (C=O) groups excluding carboxylic acids is 1. The normalized spacial score (nSPS) is 15.4. The van der Waals surface area contributed by atoms with Crippen LogP contribution in [0, 0.1) is 0 Å². The van der Waals surface area contributed by atoms with Gasteiger partial charge in [-0.2, -0.15) is 0 Å². The third-order valence-electron chi connectivity index (χ3n) is 3.16. The number of nitrogens with zero attached hydrogens (tertiary/aromatic N) is 1. The van der Waals surface area contributed by atoms with Crippen molar-refractivity contribution >= 4 is 5.91 Å². The van der Waals surface area contributed by atoms with Gasteiger partial charge in [0.25, 0.3) is 0 Å². The van der Waals surface area contributed by atoms with E-state index >= 15 is 0 Å². The molecule has 0 radical (unpaired) electrons. The molecule has 3 N–H and O–H groups in total. The molecule has 0 aliphatic heterocycles. The van der Waals surface area contributed by atoms with Gasteiger partial charge in [-0.15, -0.1) is 0 Å². The van der Waals surface area contributed by atoms with Gasteiger partial charge in [-0.3, -0.25) is 4.79 Å². The Morgan fingerprint density at radius 2 is 2.06 bits per heavy atom. The van der Waals surface area contributed by atoms with Crippen LogP contribution in [0.1, 0.15) is 40.5 Å². The van der Waals surface area contributed by atoms with Gasteiger partial charge in [-0.1, -0.05) is 6.92 Å². The Labute approximate surface area is 99.6 Å². The van der Waals surface area contributed by atoms with Crippen LogP contribution < -0.4 is 11.1 Å². The largest absolute Gasteiger partial charge is 0.368 e. The number of hydrogen-bond donors (Lipinski definition) is 2. The van der Waals surface area contributed by atoms with Gasteiger partial charge >= 0.3 is 0 Å². The van der Waals surface area contributed by atoms with E-state index in [-0.39, 0.29) is 5.91 Å². The van der Waals surface area contributed by atoms with E-state index < -0.39 is 5.54 Å². The monoisotopic (exact) mass is 229 g/mol. The van der Waals surface area contributed by atoms with E-state index in [1.54, 1.807) is 0 Å². The van der Waals surface area contributed by atoms with Gasteiger partial charge in [0.1, 0.15) is 0 Å². The van der Waals surface area contributed by atoms with Crippen molar-refractivity contribution in [1.82, 2.24) is 10.2 Å². The van der Waals surface area contributed by atoms with Gasteiger partial charge < -0.3 is 16.0 Å². The van der Waals surface area contributed by atoms with Crippen molar-refractivity contribution in [2.45, 2.75) is 52.1 Å². The Morgan fingerprint density at radius 3 is 2.44 bits per heavy atom. The van der Waals surface area contributed by atoms with Crippen LogP contribution in [-0.2, 0) is 4.79 Å². The molecule has 0 bridgehead atoms. The first-order valence-corrected chi connectivity index (χ1v) is 6.08. The number of carbonyl (C=O) groups is 1. The molecular formula is C12H27N3O. The molecule has 0 rings (SSSR count). The van der Waals surface area contributed by atoms with Crippen LogP contribution in [-0.4, -0.2) is 42.5 Å². The molecule has 1 amide bonds. The predicted molar refractivity (Wildman–Crippen MR) is 68.3 cm³/mol. The third-order valence-corrected chi connectivity index (χ3v) is 3.16. The fourth-order valence-electron chi connectivity index (χ4n) is 1.36. The standard InChI is InChI=1S/C12H27N3O/c1-6-8-14-12(4,11(13)16)7-9-15(5)10(2)3/h10,14H,6-9H2,1-5H3,(H2,13,16). The van der Waals surface area contributed by atoms with Gasteiger partial charge in [0, 0.05) is 12.6 Å². The summed E-state index contributed by atoms with van der Waals surface area (Å²) in [7, 11) is 2.06. The van der Waals surface area contributed by atoms with E-state index in [9.17, 15) is 4.79 Å². The fraction of sp³-hybridized carbons (Fsp3) is 0.917. The highest BCUT2D eigenvalue weighted by molar-refractivity contribution is 5.84. The zero-order valence-electron chi connectivity index (χ0n) is 11.3. The van der Waals surface area contributed by atoms with Crippen molar-refractivity contribution in [3.63, 3.8) is 0 Å². The topological polar surface area (TPSA) is 58.4 Å². The zero-order valence-corrected chi connectivity index (χ0v) is 11.3. The lowest BCUT2D eigenvalue weighted by atomic mass is 9.96. The number of nitrogens with one attached hydrogen (secondary N) is 1. The van der Waals surface area contributed by atoms with Crippen molar-refractivity contribution in [3.8, 4) is 0 Å². The molecule has 0 aliphatic carbocycles. The van der Waals surface area contributed by atoms with Crippen LogP contribution in [0.15, 0.2) is 0 Å². The maximum atomic E-state index is 11.5.